The first-order valence-corrected chi connectivity index (χ1v) is 8.22. The first-order valence-electron chi connectivity index (χ1n) is 6.91. The Labute approximate surface area is 125 Å². The highest BCUT2D eigenvalue weighted by molar-refractivity contribution is 7.10. The lowest BCUT2D eigenvalue weighted by atomic mass is 10.00. The second-order valence-corrected chi connectivity index (χ2v) is 6.75. The molecule has 1 aromatic heterocycles. The zero-order chi connectivity index (χ0) is 13.8. The molecule has 0 aliphatic heterocycles. The van der Waals surface area contributed by atoms with Crippen molar-refractivity contribution < 1.29 is 0 Å². The van der Waals surface area contributed by atoms with Crippen LogP contribution >= 0.6 is 22.9 Å². The van der Waals surface area contributed by atoms with E-state index in [2.05, 4.69) is 56.5 Å². The number of hydrogen-bond donors (Lipinski definition) is 0. The van der Waals surface area contributed by atoms with Crippen molar-refractivity contribution in [2.75, 3.05) is 0 Å². The molecule has 0 nitrogen and oxygen atoms in total. The summed E-state index contributed by atoms with van der Waals surface area (Å²) in [5.74, 6) is 0.696. The molecule has 1 unspecified atom stereocenters. The van der Waals surface area contributed by atoms with Crippen LogP contribution < -0.4 is 0 Å². The highest BCUT2D eigenvalue weighted by Crippen LogP contribution is 2.35. The third kappa shape index (κ3) is 3.61. The SMILES string of the molecule is CCc1ccsc1C(Cl)c1ccc(CC(C)C)cc1. The maximum absolute atomic E-state index is 6.63. The van der Waals surface area contributed by atoms with Gasteiger partial charge in [-0.3, -0.25) is 0 Å². The summed E-state index contributed by atoms with van der Waals surface area (Å²) in [6.45, 7) is 6.68. The summed E-state index contributed by atoms with van der Waals surface area (Å²) < 4.78 is 0. The summed E-state index contributed by atoms with van der Waals surface area (Å²) in [5.41, 5.74) is 3.96. The summed E-state index contributed by atoms with van der Waals surface area (Å²) in [4.78, 5) is 1.29. The Balaban J connectivity index is 2.18. The fourth-order valence-corrected chi connectivity index (χ4v) is 3.75. The minimum absolute atomic E-state index is 0.0111. The van der Waals surface area contributed by atoms with Gasteiger partial charge in [0.1, 0.15) is 0 Å². The fourth-order valence-electron chi connectivity index (χ4n) is 2.31. The molecule has 1 heterocycles. The molecule has 0 amide bonds. The molecule has 2 heteroatoms. The summed E-state index contributed by atoms with van der Waals surface area (Å²) in [7, 11) is 0. The van der Waals surface area contributed by atoms with Crippen LogP contribution in [-0.2, 0) is 12.8 Å². The molecule has 0 radical (unpaired) electrons. The predicted octanol–water partition coefficient (Wildman–Crippen LogP) is 5.84. The van der Waals surface area contributed by atoms with Crippen LogP contribution in [0.25, 0.3) is 0 Å². The summed E-state index contributed by atoms with van der Waals surface area (Å²) in [6.07, 6.45) is 2.18. The van der Waals surface area contributed by atoms with Gasteiger partial charge in [0.15, 0.2) is 0 Å². The Morgan fingerprint density at radius 3 is 2.37 bits per heavy atom. The lowest BCUT2D eigenvalue weighted by Gasteiger charge is -2.12. The molecular formula is C17H21ClS. The maximum atomic E-state index is 6.63. The average molecular weight is 293 g/mol. The Hall–Kier alpha value is -0.790. The molecule has 0 bridgehead atoms. The van der Waals surface area contributed by atoms with Crippen LogP contribution in [0.2, 0.25) is 0 Å². The van der Waals surface area contributed by atoms with E-state index in [1.165, 1.54) is 21.6 Å². The average Bonchev–Trinajstić information content (AvgIpc) is 2.86. The maximum Gasteiger partial charge on any atom is 0.0930 e. The zero-order valence-electron chi connectivity index (χ0n) is 11.8. The van der Waals surface area contributed by atoms with Crippen molar-refractivity contribution >= 4 is 22.9 Å². The van der Waals surface area contributed by atoms with E-state index in [4.69, 9.17) is 11.6 Å². The molecule has 0 aliphatic rings. The standard InChI is InChI=1S/C17H21ClS/c1-4-14-9-10-19-17(14)16(18)15-7-5-13(6-8-15)11-12(2)3/h5-10,12,16H,4,11H2,1-3H3. The third-order valence-corrected chi connectivity index (χ3v) is 4.93. The van der Waals surface area contributed by atoms with Crippen molar-refractivity contribution in [3.63, 3.8) is 0 Å². The molecule has 0 saturated heterocycles. The van der Waals surface area contributed by atoms with Crippen LogP contribution in [0.15, 0.2) is 35.7 Å². The van der Waals surface area contributed by atoms with E-state index < -0.39 is 0 Å². The molecule has 1 aromatic carbocycles. The number of halogens is 1. The molecular weight excluding hydrogens is 272 g/mol. The Morgan fingerprint density at radius 2 is 1.79 bits per heavy atom. The van der Waals surface area contributed by atoms with E-state index in [-0.39, 0.29) is 5.38 Å². The zero-order valence-corrected chi connectivity index (χ0v) is 13.4. The van der Waals surface area contributed by atoms with Crippen LogP contribution in [0, 0.1) is 5.92 Å². The van der Waals surface area contributed by atoms with Gasteiger partial charge in [0.25, 0.3) is 0 Å². The van der Waals surface area contributed by atoms with Crippen molar-refractivity contribution in [2.24, 2.45) is 5.92 Å². The van der Waals surface area contributed by atoms with Crippen LogP contribution in [0.4, 0.5) is 0 Å². The Bertz CT molecular complexity index is 510. The summed E-state index contributed by atoms with van der Waals surface area (Å²) in [5, 5.41) is 2.12. The normalized spacial score (nSPS) is 12.9. The van der Waals surface area contributed by atoms with Crippen LogP contribution in [-0.4, -0.2) is 0 Å². The number of hydrogen-bond acceptors (Lipinski definition) is 1. The molecule has 0 spiro atoms. The van der Waals surface area contributed by atoms with Crippen LogP contribution in [0.1, 0.15) is 47.7 Å². The summed E-state index contributed by atoms with van der Waals surface area (Å²) in [6, 6.07) is 11.0. The fraction of sp³-hybridized carbons (Fsp3) is 0.412. The Kier molecular flexibility index (Phi) is 5.06. The lowest BCUT2D eigenvalue weighted by Crippen LogP contribution is -1.97. The smallest absolute Gasteiger partial charge is 0.0930 e. The van der Waals surface area contributed by atoms with Gasteiger partial charge in [0, 0.05) is 4.88 Å². The number of alkyl halides is 1. The van der Waals surface area contributed by atoms with Gasteiger partial charge in [0.05, 0.1) is 5.38 Å². The van der Waals surface area contributed by atoms with E-state index >= 15 is 0 Å². The quantitative estimate of drug-likeness (QED) is 0.608. The van der Waals surface area contributed by atoms with Crippen LogP contribution in [0.3, 0.4) is 0 Å². The minimum Gasteiger partial charge on any atom is -0.147 e. The van der Waals surface area contributed by atoms with Gasteiger partial charge in [-0.25, -0.2) is 0 Å². The highest BCUT2D eigenvalue weighted by atomic mass is 35.5. The van der Waals surface area contributed by atoms with Crippen molar-refractivity contribution in [1.82, 2.24) is 0 Å². The van der Waals surface area contributed by atoms with Gasteiger partial charge in [0.2, 0.25) is 0 Å². The first-order chi connectivity index (χ1) is 9.11. The number of thiophene rings is 1. The largest absolute Gasteiger partial charge is 0.147 e. The molecule has 0 fully saturated rings. The van der Waals surface area contributed by atoms with Gasteiger partial charge in [-0.15, -0.1) is 22.9 Å². The van der Waals surface area contributed by atoms with Gasteiger partial charge in [-0.1, -0.05) is 45.0 Å². The first kappa shape index (κ1) is 14.6. The predicted molar refractivity (Wildman–Crippen MR) is 86.4 cm³/mol. The highest BCUT2D eigenvalue weighted by Gasteiger charge is 2.15. The van der Waals surface area contributed by atoms with Crippen LogP contribution in [0.5, 0.6) is 0 Å². The minimum atomic E-state index is -0.0111. The van der Waals surface area contributed by atoms with E-state index in [0.717, 1.165) is 12.8 Å². The molecule has 0 aliphatic carbocycles. The number of rotatable bonds is 5. The monoisotopic (exact) mass is 292 g/mol. The lowest BCUT2D eigenvalue weighted by molar-refractivity contribution is 0.647. The van der Waals surface area contributed by atoms with Crippen molar-refractivity contribution in [3.05, 3.63) is 57.3 Å². The number of benzene rings is 1. The third-order valence-electron chi connectivity index (χ3n) is 3.31. The topological polar surface area (TPSA) is 0 Å². The Morgan fingerprint density at radius 1 is 1.11 bits per heavy atom. The molecule has 2 rings (SSSR count). The second-order valence-electron chi connectivity index (χ2n) is 5.37. The van der Waals surface area contributed by atoms with E-state index in [1.807, 2.05) is 0 Å². The molecule has 19 heavy (non-hydrogen) atoms. The molecule has 0 N–H and O–H groups in total. The van der Waals surface area contributed by atoms with Crippen molar-refractivity contribution in [1.29, 1.82) is 0 Å². The number of aryl methyl sites for hydroxylation is 1. The molecule has 0 saturated carbocycles. The summed E-state index contributed by atoms with van der Waals surface area (Å²) >= 11 is 8.39. The van der Waals surface area contributed by atoms with Gasteiger partial charge in [-0.05, 0) is 46.9 Å². The van der Waals surface area contributed by atoms with E-state index in [0.29, 0.717) is 5.92 Å². The second kappa shape index (κ2) is 6.58. The van der Waals surface area contributed by atoms with Gasteiger partial charge < -0.3 is 0 Å². The molecule has 1 atom stereocenters. The van der Waals surface area contributed by atoms with Gasteiger partial charge >= 0.3 is 0 Å². The molecule has 102 valence electrons. The van der Waals surface area contributed by atoms with Crippen molar-refractivity contribution in [2.45, 2.75) is 39.0 Å². The van der Waals surface area contributed by atoms with E-state index in [1.54, 1.807) is 11.3 Å². The van der Waals surface area contributed by atoms with Crippen molar-refractivity contribution in [3.8, 4) is 0 Å². The van der Waals surface area contributed by atoms with E-state index in [9.17, 15) is 0 Å². The van der Waals surface area contributed by atoms with Gasteiger partial charge in [-0.2, -0.15) is 0 Å². The molecule has 2 aromatic rings.